The lowest BCUT2D eigenvalue weighted by Crippen LogP contribution is -2.34. The van der Waals surface area contributed by atoms with Crippen molar-refractivity contribution in [3.63, 3.8) is 0 Å². The summed E-state index contributed by atoms with van der Waals surface area (Å²) in [5.74, 6) is 0. The van der Waals surface area contributed by atoms with Crippen LogP contribution in [-0.2, 0) is 11.2 Å². The van der Waals surface area contributed by atoms with Crippen LogP contribution in [0.5, 0.6) is 0 Å². The topological polar surface area (TPSA) is 105 Å². The van der Waals surface area contributed by atoms with Crippen molar-refractivity contribution in [2.45, 2.75) is 31.3 Å². The van der Waals surface area contributed by atoms with Crippen LogP contribution in [0.15, 0.2) is 46.1 Å². The molecule has 1 saturated heterocycles. The molecule has 1 aliphatic heterocycles. The quantitative estimate of drug-likeness (QED) is 0.722. The first-order chi connectivity index (χ1) is 11.1. The summed E-state index contributed by atoms with van der Waals surface area (Å²) in [6.45, 7) is -0.327. The van der Waals surface area contributed by atoms with Gasteiger partial charge in [0.25, 0.3) is 5.56 Å². The number of aliphatic hydroxyl groups is 2. The number of hydrogen-bond acceptors (Lipinski definition) is 5. The molecule has 1 aromatic carbocycles. The summed E-state index contributed by atoms with van der Waals surface area (Å²) in [6, 6.07) is 9.43. The average Bonchev–Trinajstić information content (AvgIpc) is 2.91. The predicted molar refractivity (Wildman–Crippen MR) is 82.2 cm³/mol. The predicted octanol–water partition coefficient (Wildman–Crippen LogP) is -0.232. The van der Waals surface area contributed by atoms with Gasteiger partial charge >= 0.3 is 5.69 Å². The van der Waals surface area contributed by atoms with Gasteiger partial charge in [0.05, 0.1) is 12.7 Å². The van der Waals surface area contributed by atoms with Crippen LogP contribution in [0.2, 0.25) is 0 Å². The number of aliphatic hydroxyl groups excluding tert-OH is 2. The highest BCUT2D eigenvalue weighted by Crippen LogP contribution is 2.27. The number of benzene rings is 1. The number of aromatic amines is 1. The van der Waals surface area contributed by atoms with E-state index in [-0.39, 0.29) is 13.0 Å². The van der Waals surface area contributed by atoms with Crippen LogP contribution in [0, 0.1) is 0 Å². The molecule has 3 rings (SSSR count). The highest BCUT2D eigenvalue weighted by Gasteiger charge is 2.35. The van der Waals surface area contributed by atoms with E-state index in [0.717, 1.165) is 5.56 Å². The Bertz CT molecular complexity index is 783. The summed E-state index contributed by atoms with van der Waals surface area (Å²) in [7, 11) is 0. The molecule has 7 nitrogen and oxygen atoms in total. The van der Waals surface area contributed by atoms with Crippen LogP contribution in [-0.4, -0.2) is 38.6 Å². The molecule has 0 amide bonds. The lowest BCUT2D eigenvalue weighted by molar-refractivity contribution is -0.0459. The molecule has 3 atom stereocenters. The minimum absolute atomic E-state index is 0.182. The van der Waals surface area contributed by atoms with Gasteiger partial charge in [-0.3, -0.25) is 14.3 Å². The Hall–Kier alpha value is -2.22. The second-order valence-electron chi connectivity index (χ2n) is 5.60. The van der Waals surface area contributed by atoms with E-state index in [1.165, 1.54) is 10.8 Å². The maximum atomic E-state index is 12.0. The second kappa shape index (κ2) is 6.49. The average molecular weight is 318 g/mol. The zero-order valence-electron chi connectivity index (χ0n) is 12.4. The number of nitrogens with zero attached hydrogens (tertiary/aromatic N) is 1. The normalized spacial score (nSPS) is 24.0. The fraction of sp³-hybridized carbons (Fsp3) is 0.375. The van der Waals surface area contributed by atoms with Gasteiger partial charge in [-0.1, -0.05) is 30.3 Å². The lowest BCUT2D eigenvalue weighted by atomic mass is 10.1. The van der Waals surface area contributed by atoms with Crippen LogP contribution in [0.4, 0.5) is 0 Å². The van der Waals surface area contributed by atoms with Crippen LogP contribution in [0.25, 0.3) is 0 Å². The fourth-order valence-electron chi connectivity index (χ4n) is 2.73. The van der Waals surface area contributed by atoms with Gasteiger partial charge in [0, 0.05) is 24.6 Å². The minimum Gasteiger partial charge on any atom is -0.394 e. The molecule has 1 fully saturated rings. The van der Waals surface area contributed by atoms with E-state index in [4.69, 9.17) is 9.84 Å². The summed E-state index contributed by atoms with van der Waals surface area (Å²) in [6.07, 6.45) is -0.249. The Labute approximate surface area is 131 Å². The van der Waals surface area contributed by atoms with E-state index in [1.54, 1.807) is 0 Å². The molecule has 0 unspecified atom stereocenters. The van der Waals surface area contributed by atoms with Crippen molar-refractivity contribution in [2.24, 2.45) is 0 Å². The number of hydrogen-bond donors (Lipinski definition) is 3. The molecule has 7 heteroatoms. The van der Waals surface area contributed by atoms with Gasteiger partial charge < -0.3 is 14.9 Å². The van der Waals surface area contributed by atoms with Crippen molar-refractivity contribution in [3.05, 3.63) is 68.5 Å². The zero-order chi connectivity index (χ0) is 16.4. The molecular weight excluding hydrogens is 300 g/mol. The van der Waals surface area contributed by atoms with Gasteiger partial charge in [-0.15, -0.1) is 0 Å². The molecule has 0 bridgehead atoms. The first-order valence-electron chi connectivity index (χ1n) is 7.41. The molecular formula is C16H18N2O5. The third-order valence-electron chi connectivity index (χ3n) is 3.97. The smallest absolute Gasteiger partial charge is 0.330 e. The van der Waals surface area contributed by atoms with Crippen molar-refractivity contribution < 1.29 is 14.9 Å². The molecule has 0 aliphatic carbocycles. The second-order valence-corrected chi connectivity index (χ2v) is 5.60. The standard InChI is InChI=1S/C16H18N2O5/c19-9-13-12(20)7-14(23-13)18-8-11(15(21)17-16(18)22)6-10-4-2-1-3-5-10/h1-5,8,12-14,19-20H,6-7,9H2,(H,17,21,22)/t12-,13+,14-/m0/s1. The zero-order valence-corrected chi connectivity index (χ0v) is 12.4. The molecule has 3 N–H and O–H groups in total. The highest BCUT2D eigenvalue weighted by atomic mass is 16.5. The van der Waals surface area contributed by atoms with Crippen molar-refractivity contribution in [3.8, 4) is 0 Å². The molecule has 1 aromatic heterocycles. The number of ether oxygens (including phenoxy) is 1. The Morgan fingerprint density at radius 3 is 2.65 bits per heavy atom. The summed E-state index contributed by atoms with van der Waals surface area (Å²) in [4.78, 5) is 26.3. The fourth-order valence-corrected chi connectivity index (χ4v) is 2.73. The summed E-state index contributed by atoms with van der Waals surface area (Å²) in [5, 5.41) is 18.9. The molecule has 23 heavy (non-hydrogen) atoms. The SMILES string of the molecule is O=c1[nH]c(=O)n([C@@H]2C[C@H](O)[C@@H](CO)O2)cc1Cc1ccccc1. The van der Waals surface area contributed by atoms with Crippen molar-refractivity contribution in [2.75, 3.05) is 6.61 Å². The van der Waals surface area contributed by atoms with E-state index in [9.17, 15) is 14.7 Å². The van der Waals surface area contributed by atoms with E-state index in [1.807, 2.05) is 30.3 Å². The van der Waals surface area contributed by atoms with Crippen LogP contribution >= 0.6 is 0 Å². The number of H-pyrrole nitrogens is 1. The van der Waals surface area contributed by atoms with Gasteiger partial charge in [0.15, 0.2) is 0 Å². The van der Waals surface area contributed by atoms with E-state index < -0.39 is 29.7 Å². The number of aromatic nitrogens is 2. The molecule has 0 saturated carbocycles. The minimum atomic E-state index is -0.846. The Morgan fingerprint density at radius 2 is 2.00 bits per heavy atom. The van der Waals surface area contributed by atoms with Gasteiger partial charge in [0.1, 0.15) is 12.3 Å². The highest BCUT2D eigenvalue weighted by molar-refractivity contribution is 5.22. The summed E-state index contributed by atoms with van der Waals surface area (Å²) < 4.78 is 6.74. The van der Waals surface area contributed by atoms with Crippen LogP contribution < -0.4 is 11.2 Å². The molecule has 2 heterocycles. The van der Waals surface area contributed by atoms with Gasteiger partial charge in [-0.05, 0) is 5.56 Å². The molecule has 2 aromatic rings. The maximum Gasteiger partial charge on any atom is 0.330 e. The van der Waals surface area contributed by atoms with Gasteiger partial charge in [0.2, 0.25) is 0 Å². The van der Waals surface area contributed by atoms with Crippen molar-refractivity contribution >= 4 is 0 Å². The largest absolute Gasteiger partial charge is 0.394 e. The van der Waals surface area contributed by atoms with Gasteiger partial charge in [-0.2, -0.15) is 0 Å². The third-order valence-corrected chi connectivity index (χ3v) is 3.97. The molecule has 0 spiro atoms. The molecule has 122 valence electrons. The first-order valence-corrected chi connectivity index (χ1v) is 7.41. The van der Waals surface area contributed by atoms with Crippen LogP contribution in [0.3, 0.4) is 0 Å². The van der Waals surface area contributed by atoms with E-state index in [0.29, 0.717) is 12.0 Å². The van der Waals surface area contributed by atoms with E-state index in [2.05, 4.69) is 4.98 Å². The lowest BCUT2D eigenvalue weighted by Gasteiger charge is -2.15. The third kappa shape index (κ3) is 3.26. The van der Waals surface area contributed by atoms with Crippen molar-refractivity contribution in [1.29, 1.82) is 0 Å². The summed E-state index contributed by atoms with van der Waals surface area (Å²) >= 11 is 0. The van der Waals surface area contributed by atoms with Crippen molar-refractivity contribution in [1.82, 2.24) is 9.55 Å². The summed E-state index contributed by atoms with van der Waals surface area (Å²) in [5.41, 5.74) is 0.347. The molecule has 1 aliphatic rings. The van der Waals surface area contributed by atoms with E-state index >= 15 is 0 Å². The first kappa shape index (κ1) is 15.7. The molecule has 0 radical (unpaired) electrons. The number of nitrogens with one attached hydrogen (secondary N) is 1. The Morgan fingerprint density at radius 1 is 1.26 bits per heavy atom. The Balaban J connectivity index is 1.92. The van der Waals surface area contributed by atoms with Gasteiger partial charge in [-0.25, -0.2) is 4.79 Å². The monoisotopic (exact) mass is 318 g/mol. The number of rotatable bonds is 4. The maximum absolute atomic E-state index is 12.0. The Kier molecular flexibility index (Phi) is 4.42. The van der Waals surface area contributed by atoms with Crippen LogP contribution in [0.1, 0.15) is 23.8 Å².